The smallest absolute Gasteiger partial charge is 0.186 e. The zero-order valence-electron chi connectivity index (χ0n) is 10.4. The molecule has 1 heterocycles. The average molecular weight is 284 g/mol. The van der Waals surface area contributed by atoms with E-state index in [2.05, 4.69) is 0 Å². The number of aliphatic hydroxyl groups is 1. The van der Waals surface area contributed by atoms with Crippen molar-refractivity contribution in [2.75, 3.05) is 19.8 Å². The molecule has 1 N–H and O–H groups in total. The molecule has 19 heavy (non-hydrogen) atoms. The van der Waals surface area contributed by atoms with E-state index >= 15 is 0 Å². The lowest BCUT2D eigenvalue weighted by Crippen LogP contribution is -2.27. The molecule has 1 atom stereocenters. The number of hydrogen-bond acceptors (Lipinski definition) is 5. The number of rotatable bonds is 6. The summed E-state index contributed by atoms with van der Waals surface area (Å²) in [7, 11) is -3.48. The van der Waals surface area contributed by atoms with Gasteiger partial charge in [-0.3, -0.25) is 0 Å². The third-order valence-electron chi connectivity index (χ3n) is 3.62. The summed E-state index contributed by atoms with van der Waals surface area (Å²) in [6.07, 6.45) is 1.17. The van der Waals surface area contributed by atoms with Crippen LogP contribution in [0.15, 0.2) is 29.2 Å². The minimum absolute atomic E-state index is 0.132. The van der Waals surface area contributed by atoms with E-state index in [1.54, 1.807) is 18.2 Å². The highest BCUT2D eigenvalue weighted by Crippen LogP contribution is 2.46. The summed E-state index contributed by atoms with van der Waals surface area (Å²) in [4.78, 5) is 0.216. The van der Waals surface area contributed by atoms with Crippen molar-refractivity contribution in [1.82, 2.24) is 0 Å². The summed E-state index contributed by atoms with van der Waals surface area (Å²) in [5.74, 6) is 0.519. The Morgan fingerprint density at radius 3 is 2.74 bits per heavy atom. The number of epoxide rings is 1. The lowest BCUT2D eigenvalue weighted by molar-refractivity contribution is 0.262. The van der Waals surface area contributed by atoms with Gasteiger partial charge in [0.15, 0.2) is 9.84 Å². The number of ether oxygens (including phenoxy) is 2. The molecule has 1 aromatic carbocycles. The Kier molecular flexibility index (Phi) is 3.03. The van der Waals surface area contributed by atoms with Gasteiger partial charge in [0.1, 0.15) is 18.5 Å². The van der Waals surface area contributed by atoms with Crippen LogP contribution in [0.2, 0.25) is 0 Å². The van der Waals surface area contributed by atoms with Gasteiger partial charge >= 0.3 is 0 Å². The van der Waals surface area contributed by atoms with Crippen LogP contribution in [0.3, 0.4) is 0 Å². The Bertz CT molecular complexity index is 572. The van der Waals surface area contributed by atoms with Crippen LogP contribution in [-0.4, -0.2) is 44.2 Å². The zero-order valence-corrected chi connectivity index (χ0v) is 11.2. The first-order valence-electron chi connectivity index (χ1n) is 6.27. The second kappa shape index (κ2) is 4.47. The van der Waals surface area contributed by atoms with E-state index in [9.17, 15) is 13.5 Å². The first-order valence-corrected chi connectivity index (χ1v) is 7.76. The number of benzene rings is 1. The predicted octanol–water partition coefficient (Wildman–Crippen LogP) is 0.763. The molecule has 2 aliphatic rings. The van der Waals surface area contributed by atoms with Crippen LogP contribution in [0.1, 0.15) is 12.8 Å². The van der Waals surface area contributed by atoms with Crippen molar-refractivity contribution in [3.8, 4) is 5.75 Å². The van der Waals surface area contributed by atoms with Gasteiger partial charge in [-0.2, -0.15) is 0 Å². The fraction of sp³-hybridized carbons (Fsp3) is 0.538. The van der Waals surface area contributed by atoms with Gasteiger partial charge in [0.2, 0.25) is 0 Å². The van der Waals surface area contributed by atoms with Crippen molar-refractivity contribution in [3.05, 3.63) is 24.3 Å². The molecule has 1 unspecified atom stereocenters. The predicted molar refractivity (Wildman–Crippen MR) is 67.9 cm³/mol. The number of hydrogen-bond donors (Lipinski definition) is 1. The first-order chi connectivity index (χ1) is 9.07. The molecular formula is C13H16O5S. The van der Waals surface area contributed by atoms with Crippen LogP contribution in [0.5, 0.6) is 5.75 Å². The van der Waals surface area contributed by atoms with Gasteiger partial charge in [-0.15, -0.1) is 0 Å². The van der Waals surface area contributed by atoms with Crippen molar-refractivity contribution in [2.45, 2.75) is 28.6 Å². The van der Waals surface area contributed by atoms with Crippen molar-refractivity contribution in [3.63, 3.8) is 0 Å². The molecule has 0 radical (unpaired) electrons. The maximum Gasteiger partial charge on any atom is 0.186 e. The molecule has 1 aliphatic heterocycles. The van der Waals surface area contributed by atoms with Crippen LogP contribution < -0.4 is 4.74 Å². The highest BCUT2D eigenvalue weighted by atomic mass is 32.2. The van der Waals surface area contributed by atoms with E-state index in [1.165, 1.54) is 6.07 Å². The third kappa shape index (κ3) is 2.35. The van der Waals surface area contributed by atoms with Crippen LogP contribution in [0.25, 0.3) is 0 Å². The van der Waals surface area contributed by atoms with Crippen molar-refractivity contribution >= 4 is 9.84 Å². The highest BCUT2D eigenvalue weighted by molar-refractivity contribution is 7.93. The first kappa shape index (κ1) is 12.9. The van der Waals surface area contributed by atoms with Gasteiger partial charge < -0.3 is 14.6 Å². The lowest BCUT2D eigenvalue weighted by atomic mass is 10.3. The molecule has 1 aliphatic carbocycles. The zero-order chi connectivity index (χ0) is 13.5. The summed E-state index contributed by atoms with van der Waals surface area (Å²) in [5, 5.41) is 9.28. The van der Waals surface area contributed by atoms with Crippen LogP contribution in [-0.2, 0) is 14.6 Å². The van der Waals surface area contributed by atoms with Crippen LogP contribution in [0.4, 0.5) is 0 Å². The summed E-state index contributed by atoms with van der Waals surface area (Å²) < 4.78 is 34.4. The number of sulfone groups is 1. The van der Waals surface area contributed by atoms with E-state index in [0.717, 1.165) is 0 Å². The van der Waals surface area contributed by atoms with Crippen molar-refractivity contribution < 1.29 is 23.0 Å². The molecule has 1 aromatic rings. The fourth-order valence-corrected chi connectivity index (χ4v) is 3.82. The second-order valence-electron chi connectivity index (χ2n) is 5.09. The SMILES string of the molecule is O=S(=O)(c1cccc(OCC2CO2)c1)C1(CO)CC1. The maximum absolute atomic E-state index is 12.4. The van der Waals surface area contributed by atoms with Gasteiger partial charge in [0.25, 0.3) is 0 Å². The Morgan fingerprint density at radius 2 is 2.16 bits per heavy atom. The van der Waals surface area contributed by atoms with E-state index in [-0.39, 0.29) is 17.6 Å². The maximum atomic E-state index is 12.4. The molecule has 1 saturated heterocycles. The van der Waals surface area contributed by atoms with Gasteiger partial charge in [0.05, 0.1) is 22.9 Å². The molecule has 2 fully saturated rings. The van der Waals surface area contributed by atoms with E-state index in [4.69, 9.17) is 9.47 Å². The topological polar surface area (TPSA) is 76.1 Å². The standard InChI is InChI=1S/C13H16O5S/c14-9-13(4-5-13)19(15,16)12-3-1-2-10(6-12)17-7-11-8-18-11/h1-3,6,11,14H,4-5,7-9H2. The Labute approximate surface area is 112 Å². The van der Waals surface area contributed by atoms with Gasteiger partial charge in [0, 0.05) is 0 Å². The molecule has 5 nitrogen and oxygen atoms in total. The van der Waals surface area contributed by atoms with E-state index < -0.39 is 14.6 Å². The lowest BCUT2D eigenvalue weighted by Gasteiger charge is -2.14. The van der Waals surface area contributed by atoms with Gasteiger partial charge in [-0.05, 0) is 31.0 Å². The molecule has 0 aromatic heterocycles. The molecule has 0 bridgehead atoms. The van der Waals surface area contributed by atoms with E-state index in [1.807, 2.05) is 0 Å². The molecule has 1 saturated carbocycles. The summed E-state index contributed by atoms with van der Waals surface area (Å²) in [5.41, 5.74) is 0. The van der Waals surface area contributed by atoms with Crippen molar-refractivity contribution in [1.29, 1.82) is 0 Å². The molecule has 3 rings (SSSR count). The second-order valence-corrected chi connectivity index (χ2v) is 7.43. The van der Waals surface area contributed by atoms with Crippen LogP contribution in [0, 0.1) is 0 Å². The van der Waals surface area contributed by atoms with Gasteiger partial charge in [-0.1, -0.05) is 6.07 Å². The third-order valence-corrected chi connectivity index (χ3v) is 6.17. The normalized spacial score (nSPS) is 23.9. The van der Waals surface area contributed by atoms with Gasteiger partial charge in [-0.25, -0.2) is 8.42 Å². The minimum atomic E-state index is -3.48. The summed E-state index contributed by atoms with van der Waals surface area (Å²) in [6.45, 7) is 0.816. The molecule has 104 valence electrons. The average Bonchev–Trinajstić information content (AvgIpc) is 3.30. The molecule has 0 amide bonds. The number of aliphatic hydroxyl groups excluding tert-OH is 1. The Morgan fingerprint density at radius 1 is 1.42 bits per heavy atom. The van der Waals surface area contributed by atoms with E-state index in [0.29, 0.717) is 31.8 Å². The largest absolute Gasteiger partial charge is 0.491 e. The fourth-order valence-electron chi connectivity index (χ4n) is 1.99. The molecular weight excluding hydrogens is 268 g/mol. The van der Waals surface area contributed by atoms with Crippen LogP contribution >= 0.6 is 0 Å². The minimum Gasteiger partial charge on any atom is -0.491 e. The quantitative estimate of drug-likeness (QED) is 0.781. The summed E-state index contributed by atoms with van der Waals surface area (Å²) >= 11 is 0. The van der Waals surface area contributed by atoms with Crippen molar-refractivity contribution in [2.24, 2.45) is 0 Å². The molecule has 0 spiro atoms. The monoisotopic (exact) mass is 284 g/mol. The molecule has 6 heteroatoms. The highest BCUT2D eigenvalue weighted by Gasteiger charge is 2.54. The summed E-state index contributed by atoms with van der Waals surface area (Å²) in [6, 6.07) is 6.45. The Hall–Kier alpha value is -1.11. The Balaban J connectivity index is 1.82.